The summed E-state index contributed by atoms with van der Waals surface area (Å²) in [6.45, 7) is 1.11. The Bertz CT molecular complexity index is 1500. The first-order chi connectivity index (χ1) is 17.1. The molecular formula is C27H21N3O4S. The minimum absolute atomic E-state index is 0.00960. The van der Waals surface area contributed by atoms with Gasteiger partial charge in [0.15, 0.2) is 11.4 Å². The molecule has 8 heteroatoms. The van der Waals surface area contributed by atoms with Gasteiger partial charge in [-0.1, -0.05) is 48.5 Å². The maximum atomic E-state index is 13.5. The van der Waals surface area contributed by atoms with Gasteiger partial charge < -0.3 is 14.7 Å². The Balaban J connectivity index is 1.57. The van der Waals surface area contributed by atoms with Crippen molar-refractivity contribution in [2.75, 3.05) is 24.8 Å². The molecule has 2 aromatic carbocycles. The van der Waals surface area contributed by atoms with E-state index >= 15 is 0 Å². The molecule has 1 amide bonds. The summed E-state index contributed by atoms with van der Waals surface area (Å²) in [5, 5.41) is 14.9. The summed E-state index contributed by atoms with van der Waals surface area (Å²) in [4.78, 5) is 28.8. The Morgan fingerprint density at radius 3 is 2.49 bits per heavy atom. The second-order valence-corrected chi connectivity index (χ2v) is 9.81. The van der Waals surface area contributed by atoms with Gasteiger partial charge in [0.25, 0.3) is 5.91 Å². The SMILES string of the molecule is O=C1c2c(O)c(=O)ccn2N([C@@H]2c3ccccc3-c3ccsc3-c3ccccc32)[C@@H]2COCCN12. The van der Waals surface area contributed by atoms with Gasteiger partial charge in [-0.25, -0.2) is 0 Å². The number of amides is 1. The van der Waals surface area contributed by atoms with Crippen molar-refractivity contribution < 1.29 is 14.6 Å². The maximum Gasteiger partial charge on any atom is 0.278 e. The van der Waals surface area contributed by atoms with Crippen LogP contribution in [0.1, 0.15) is 27.7 Å². The zero-order chi connectivity index (χ0) is 23.7. The summed E-state index contributed by atoms with van der Waals surface area (Å²) in [7, 11) is 0. The lowest BCUT2D eigenvalue weighted by molar-refractivity contribution is -0.0196. The van der Waals surface area contributed by atoms with Crippen molar-refractivity contribution in [1.29, 1.82) is 0 Å². The lowest BCUT2D eigenvalue weighted by Gasteiger charge is -2.51. The van der Waals surface area contributed by atoms with Crippen LogP contribution in [-0.4, -0.2) is 46.5 Å². The van der Waals surface area contributed by atoms with Gasteiger partial charge in [0.05, 0.1) is 19.3 Å². The summed E-state index contributed by atoms with van der Waals surface area (Å²) < 4.78 is 7.52. The van der Waals surface area contributed by atoms with Crippen LogP contribution in [0.4, 0.5) is 0 Å². The van der Waals surface area contributed by atoms with Gasteiger partial charge in [-0.05, 0) is 33.7 Å². The Morgan fingerprint density at radius 2 is 1.66 bits per heavy atom. The molecule has 1 saturated heterocycles. The maximum absolute atomic E-state index is 13.5. The Labute approximate surface area is 205 Å². The average molecular weight is 484 g/mol. The van der Waals surface area contributed by atoms with Crippen LogP contribution in [0.3, 0.4) is 0 Å². The highest BCUT2D eigenvalue weighted by atomic mass is 32.1. The number of fused-ring (bicyclic) bond motifs is 7. The second kappa shape index (κ2) is 7.56. The predicted octanol–water partition coefficient (Wildman–Crippen LogP) is 3.80. The van der Waals surface area contributed by atoms with Crippen LogP contribution in [0.15, 0.2) is 77.0 Å². The van der Waals surface area contributed by atoms with Crippen LogP contribution < -0.4 is 10.4 Å². The first-order valence-corrected chi connectivity index (χ1v) is 12.4. The summed E-state index contributed by atoms with van der Waals surface area (Å²) in [5.74, 6) is -0.888. The molecule has 35 heavy (non-hydrogen) atoms. The number of carbonyl (C=O) groups is 1. The Morgan fingerprint density at radius 1 is 0.914 bits per heavy atom. The number of rotatable bonds is 1. The summed E-state index contributed by atoms with van der Waals surface area (Å²) in [5.41, 5.74) is 5.02. The molecule has 2 atom stereocenters. The molecule has 4 heterocycles. The van der Waals surface area contributed by atoms with E-state index in [9.17, 15) is 14.7 Å². The van der Waals surface area contributed by atoms with E-state index in [2.05, 4.69) is 40.7 Å². The van der Waals surface area contributed by atoms with Crippen LogP contribution in [0.2, 0.25) is 0 Å². The molecule has 0 saturated carbocycles. The smallest absolute Gasteiger partial charge is 0.278 e. The van der Waals surface area contributed by atoms with Gasteiger partial charge in [0, 0.05) is 29.2 Å². The van der Waals surface area contributed by atoms with E-state index in [1.165, 1.54) is 16.5 Å². The van der Waals surface area contributed by atoms with Crippen molar-refractivity contribution in [2.24, 2.45) is 0 Å². The normalized spacial score (nSPS) is 20.3. The molecule has 2 aromatic heterocycles. The van der Waals surface area contributed by atoms with E-state index in [0.29, 0.717) is 19.8 Å². The number of hydrogen-bond donors (Lipinski definition) is 1. The first kappa shape index (κ1) is 20.5. The van der Waals surface area contributed by atoms with E-state index in [0.717, 1.165) is 22.3 Å². The van der Waals surface area contributed by atoms with Gasteiger partial charge in [-0.2, -0.15) is 0 Å². The standard InChI is InChI=1S/C27H21N3O4S/c31-21-9-11-29-24(25(21)32)27(33)28-12-13-34-15-22(28)30(29)23-17-6-2-1-5-16(17)20-10-14-35-26(20)19-8-4-3-7-18(19)23/h1-11,14,22-23,32H,12-13,15H2/t22-,23-/m1/s1. The Hall–Kier alpha value is -3.88. The number of aromatic nitrogens is 1. The highest BCUT2D eigenvalue weighted by molar-refractivity contribution is 7.14. The van der Waals surface area contributed by atoms with Crippen molar-refractivity contribution in [3.8, 4) is 27.3 Å². The minimum atomic E-state index is -0.569. The van der Waals surface area contributed by atoms with Crippen molar-refractivity contribution in [2.45, 2.75) is 12.2 Å². The molecule has 0 spiro atoms. The van der Waals surface area contributed by atoms with Crippen LogP contribution in [0.5, 0.6) is 5.75 Å². The number of carbonyl (C=O) groups excluding carboxylic acids is 1. The third kappa shape index (κ3) is 2.81. The molecule has 0 radical (unpaired) electrons. The molecule has 0 bridgehead atoms. The summed E-state index contributed by atoms with van der Waals surface area (Å²) in [6, 6.07) is 19.8. The fourth-order valence-electron chi connectivity index (χ4n) is 5.64. The highest BCUT2D eigenvalue weighted by Crippen LogP contribution is 2.49. The van der Waals surface area contributed by atoms with E-state index < -0.39 is 17.3 Å². The van der Waals surface area contributed by atoms with Crippen molar-refractivity contribution in [3.05, 3.63) is 99.3 Å². The van der Waals surface area contributed by atoms with Crippen molar-refractivity contribution >= 4 is 17.2 Å². The third-order valence-corrected chi connectivity index (χ3v) is 8.10. The molecule has 7 nitrogen and oxygen atoms in total. The number of morpholine rings is 1. The van der Waals surface area contributed by atoms with Gasteiger partial charge in [0.1, 0.15) is 6.17 Å². The van der Waals surface area contributed by atoms with Gasteiger partial charge in [-0.15, -0.1) is 11.3 Å². The fourth-order valence-corrected chi connectivity index (χ4v) is 6.59. The van der Waals surface area contributed by atoms with E-state index in [4.69, 9.17) is 4.74 Å². The zero-order valence-electron chi connectivity index (χ0n) is 18.6. The number of pyridine rings is 1. The van der Waals surface area contributed by atoms with Gasteiger partial charge in [-0.3, -0.25) is 19.3 Å². The first-order valence-electron chi connectivity index (χ1n) is 11.5. The molecule has 7 rings (SSSR count). The molecular weight excluding hydrogens is 462 g/mol. The van der Waals surface area contributed by atoms with Crippen LogP contribution in [0.25, 0.3) is 21.6 Å². The average Bonchev–Trinajstić information content (AvgIpc) is 3.34. The monoisotopic (exact) mass is 483 g/mol. The molecule has 4 aromatic rings. The molecule has 2 aliphatic heterocycles. The highest BCUT2D eigenvalue weighted by Gasteiger charge is 2.46. The van der Waals surface area contributed by atoms with E-state index in [1.54, 1.807) is 27.1 Å². The number of aromatic hydroxyl groups is 1. The van der Waals surface area contributed by atoms with Crippen molar-refractivity contribution in [3.63, 3.8) is 0 Å². The number of nitrogens with zero attached hydrogens (tertiary/aromatic N) is 3. The van der Waals surface area contributed by atoms with Gasteiger partial charge >= 0.3 is 0 Å². The number of thiophene rings is 1. The molecule has 174 valence electrons. The number of ether oxygens (including phenoxy) is 1. The van der Waals surface area contributed by atoms with Crippen LogP contribution in [0, 0.1) is 0 Å². The van der Waals surface area contributed by atoms with E-state index in [-0.39, 0.29) is 17.6 Å². The quantitative estimate of drug-likeness (QED) is 0.446. The second-order valence-electron chi connectivity index (χ2n) is 8.90. The number of hydrogen-bond acceptors (Lipinski definition) is 6. The molecule has 1 N–H and O–H groups in total. The number of benzene rings is 2. The zero-order valence-corrected chi connectivity index (χ0v) is 19.4. The predicted molar refractivity (Wildman–Crippen MR) is 133 cm³/mol. The van der Waals surface area contributed by atoms with Gasteiger partial charge in [0.2, 0.25) is 5.43 Å². The Kier molecular flexibility index (Phi) is 4.43. The molecule has 1 fully saturated rings. The van der Waals surface area contributed by atoms with Crippen LogP contribution >= 0.6 is 11.3 Å². The summed E-state index contributed by atoms with van der Waals surface area (Å²) >= 11 is 1.71. The van der Waals surface area contributed by atoms with Crippen LogP contribution in [-0.2, 0) is 4.74 Å². The molecule has 1 aliphatic carbocycles. The van der Waals surface area contributed by atoms with Crippen molar-refractivity contribution in [1.82, 2.24) is 9.58 Å². The fraction of sp³-hybridized carbons (Fsp3) is 0.185. The molecule has 3 aliphatic rings. The third-order valence-electron chi connectivity index (χ3n) is 7.15. The lowest BCUT2D eigenvalue weighted by Crippen LogP contribution is -2.66. The lowest BCUT2D eigenvalue weighted by atomic mass is 9.92. The minimum Gasteiger partial charge on any atom is -0.502 e. The summed E-state index contributed by atoms with van der Waals surface area (Å²) in [6.07, 6.45) is 1.18. The largest absolute Gasteiger partial charge is 0.502 e. The molecule has 0 unspecified atom stereocenters. The topological polar surface area (TPSA) is 75.0 Å². The van der Waals surface area contributed by atoms with E-state index in [1.807, 2.05) is 24.3 Å².